The minimum absolute atomic E-state index is 0.0781. The Morgan fingerprint density at radius 3 is 2.59 bits per heavy atom. The monoisotopic (exact) mass is 337 g/mol. The third kappa shape index (κ3) is 4.69. The zero-order chi connectivity index (χ0) is 16.4. The van der Waals surface area contributed by atoms with E-state index in [0.717, 1.165) is 25.0 Å². The zero-order valence-corrected chi connectivity index (χ0v) is 12.6. The molecule has 2 N–H and O–H groups in total. The summed E-state index contributed by atoms with van der Waals surface area (Å²) in [6.45, 7) is 0.114. The fraction of sp³-hybridized carbons (Fsp3) is 0.571. The minimum atomic E-state index is -4.50. The Morgan fingerprint density at radius 1 is 1.27 bits per heavy atom. The highest BCUT2D eigenvalue weighted by Gasteiger charge is 2.31. The van der Waals surface area contributed by atoms with Crippen LogP contribution in [0.3, 0.4) is 0 Å². The largest absolute Gasteiger partial charge is 0.416 e. The van der Waals surface area contributed by atoms with Crippen LogP contribution in [0.1, 0.15) is 30.4 Å². The van der Waals surface area contributed by atoms with E-state index in [1.54, 1.807) is 0 Å². The Balaban J connectivity index is 1.99. The van der Waals surface area contributed by atoms with Gasteiger partial charge in [0.15, 0.2) is 0 Å². The molecule has 0 aromatic heterocycles. The highest BCUT2D eigenvalue weighted by molar-refractivity contribution is 7.88. The molecular formula is C14H18F3NO3S. The van der Waals surface area contributed by atoms with E-state index >= 15 is 0 Å². The van der Waals surface area contributed by atoms with E-state index < -0.39 is 33.6 Å². The first-order chi connectivity index (χ1) is 10.2. The molecule has 1 aliphatic rings. The third-order valence-electron chi connectivity index (χ3n) is 3.80. The lowest BCUT2D eigenvalue weighted by molar-refractivity contribution is -0.137. The summed E-state index contributed by atoms with van der Waals surface area (Å²) in [7, 11) is -3.74. The third-order valence-corrected chi connectivity index (χ3v) is 5.12. The van der Waals surface area contributed by atoms with Gasteiger partial charge in [-0.15, -0.1) is 0 Å². The maximum Gasteiger partial charge on any atom is 0.416 e. The van der Waals surface area contributed by atoms with E-state index in [4.69, 9.17) is 0 Å². The van der Waals surface area contributed by atoms with E-state index in [9.17, 15) is 26.7 Å². The Morgan fingerprint density at radius 2 is 2.00 bits per heavy atom. The summed E-state index contributed by atoms with van der Waals surface area (Å²) in [5, 5.41) is 9.64. The van der Waals surface area contributed by atoms with Gasteiger partial charge in [-0.25, -0.2) is 13.1 Å². The van der Waals surface area contributed by atoms with E-state index in [1.165, 1.54) is 12.1 Å². The van der Waals surface area contributed by atoms with Gasteiger partial charge >= 0.3 is 6.18 Å². The Kier molecular flexibility index (Phi) is 5.14. The molecule has 1 aliphatic carbocycles. The predicted octanol–water partition coefficient (Wildman–Crippen LogP) is 2.29. The lowest BCUT2D eigenvalue weighted by atomic mass is 10.1. The van der Waals surface area contributed by atoms with Crippen molar-refractivity contribution in [3.63, 3.8) is 0 Å². The molecule has 0 radical (unpaired) electrons. The fourth-order valence-corrected chi connectivity index (χ4v) is 3.79. The van der Waals surface area contributed by atoms with Crippen LogP contribution in [-0.4, -0.2) is 26.2 Å². The van der Waals surface area contributed by atoms with Gasteiger partial charge in [-0.1, -0.05) is 24.6 Å². The molecule has 2 atom stereocenters. The van der Waals surface area contributed by atoms with Crippen LogP contribution in [0.25, 0.3) is 0 Å². The average Bonchev–Trinajstić information content (AvgIpc) is 2.81. The predicted molar refractivity (Wildman–Crippen MR) is 75.4 cm³/mol. The molecule has 0 aliphatic heterocycles. The average molecular weight is 337 g/mol. The number of aliphatic hydroxyl groups is 1. The summed E-state index contributed by atoms with van der Waals surface area (Å²) in [6.07, 6.45) is -2.77. The minimum Gasteiger partial charge on any atom is -0.393 e. The normalized spacial score (nSPS) is 22.9. The van der Waals surface area contributed by atoms with Crippen molar-refractivity contribution in [3.05, 3.63) is 35.4 Å². The smallest absolute Gasteiger partial charge is 0.393 e. The molecule has 2 rings (SSSR count). The quantitative estimate of drug-likeness (QED) is 0.866. The van der Waals surface area contributed by atoms with Gasteiger partial charge in [-0.2, -0.15) is 13.2 Å². The maximum atomic E-state index is 12.6. The standard InChI is InChI=1S/C14H18F3NO3S/c15-14(16,17)12-5-1-3-10(7-12)9-22(20,21)18-8-11-4-2-6-13(11)19/h1,3,5,7,11,13,18-19H,2,4,6,8-9H2. The van der Waals surface area contributed by atoms with Gasteiger partial charge in [-0.05, 0) is 30.4 Å². The lowest BCUT2D eigenvalue weighted by Crippen LogP contribution is -2.33. The number of sulfonamides is 1. The van der Waals surface area contributed by atoms with Gasteiger partial charge in [0.2, 0.25) is 10.0 Å². The van der Waals surface area contributed by atoms with Crippen LogP contribution in [0.4, 0.5) is 13.2 Å². The molecule has 0 spiro atoms. The number of nitrogens with one attached hydrogen (secondary N) is 1. The summed E-state index contributed by atoms with van der Waals surface area (Å²) in [5.41, 5.74) is -0.791. The van der Waals surface area contributed by atoms with Crippen LogP contribution < -0.4 is 4.72 Å². The first-order valence-electron chi connectivity index (χ1n) is 6.99. The van der Waals surface area contributed by atoms with Crippen molar-refractivity contribution in [2.45, 2.75) is 37.3 Å². The molecule has 124 valence electrons. The second kappa shape index (κ2) is 6.55. The number of halogens is 3. The second-order valence-electron chi connectivity index (χ2n) is 5.56. The lowest BCUT2D eigenvalue weighted by Gasteiger charge is -2.15. The van der Waals surface area contributed by atoms with Crippen molar-refractivity contribution in [2.75, 3.05) is 6.54 Å². The Hall–Kier alpha value is -1.12. The van der Waals surface area contributed by atoms with E-state index in [1.807, 2.05) is 0 Å². The van der Waals surface area contributed by atoms with Crippen LogP contribution in [0.5, 0.6) is 0 Å². The number of rotatable bonds is 5. The van der Waals surface area contributed by atoms with Gasteiger partial charge in [0.25, 0.3) is 0 Å². The van der Waals surface area contributed by atoms with Gasteiger partial charge in [-0.3, -0.25) is 0 Å². The Bertz CT molecular complexity index is 616. The van der Waals surface area contributed by atoms with Crippen molar-refractivity contribution >= 4 is 10.0 Å². The van der Waals surface area contributed by atoms with Crippen molar-refractivity contribution < 1.29 is 26.7 Å². The summed E-state index contributed by atoms with van der Waals surface area (Å²) < 4.78 is 64.1. The number of hydrogen-bond acceptors (Lipinski definition) is 3. The highest BCUT2D eigenvalue weighted by atomic mass is 32.2. The fourth-order valence-electron chi connectivity index (χ4n) is 2.60. The summed E-state index contributed by atoms with van der Waals surface area (Å²) in [5.74, 6) is -0.643. The SMILES string of the molecule is O=S(=O)(Cc1cccc(C(F)(F)F)c1)NCC1CCCC1O. The van der Waals surface area contributed by atoms with Crippen LogP contribution in [-0.2, 0) is 22.0 Å². The molecule has 22 heavy (non-hydrogen) atoms. The van der Waals surface area contributed by atoms with Crippen molar-refractivity contribution in [3.8, 4) is 0 Å². The van der Waals surface area contributed by atoms with Crippen molar-refractivity contribution in [2.24, 2.45) is 5.92 Å². The molecule has 1 fully saturated rings. The van der Waals surface area contributed by atoms with Crippen molar-refractivity contribution in [1.82, 2.24) is 4.72 Å². The topological polar surface area (TPSA) is 66.4 Å². The molecule has 4 nitrogen and oxygen atoms in total. The van der Waals surface area contributed by atoms with Crippen LogP contribution >= 0.6 is 0 Å². The zero-order valence-electron chi connectivity index (χ0n) is 11.8. The molecule has 0 amide bonds. The Labute approximate surface area is 127 Å². The molecule has 1 saturated carbocycles. The first-order valence-corrected chi connectivity index (χ1v) is 8.64. The van der Waals surface area contributed by atoms with Crippen LogP contribution in [0, 0.1) is 5.92 Å². The molecule has 1 aromatic carbocycles. The van der Waals surface area contributed by atoms with Crippen molar-refractivity contribution in [1.29, 1.82) is 0 Å². The second-order valence-corrected chi connectivity index (χ2v) is 7.37. The van der Waals surface area contributed by atoms with Crippen LogP contribution in [0.15, 0.2) is 24.3 Å². The number of benzene rings is 1. The molecule has 2 unspecified atom stereocenters. The van der Waals surface area contributed by atoms with Gasteiger partial charge in [0.05, 0.1) is 17.4 Å². The van der Waals surface area contributed by atoms with Gasteiger partial charge in [0, 0.05) is 6.54 Å². The van der Waals surface area contributed by atoms with E-state index in [2.05, 4.69) is 4.72 Å². The number of alkyl halides is 3. The number of hydrogen-bond donors (Lipinski definition) is 2. The van der Waals surface area contributed by atoms with Crippen LogP contribution in [0.2, 0.25) is 0 Å². The molecule has 0 heterocycles. The first kappa shape index (κ1) is 17.2. The van der Waals surface area contributed by atoms with E-state index in [-0.39, 0.29) is 18.0 Å². The van der Waals surface area contributed by atoms with E-state index in [0.29, 0.717) is 6.42 Å². The molecule has 0 saturated heterocycles. The highest BCUT2D eigenvalue weighted by Crippen LogP contribution is 2.30. The summed E-state index contributed by atoms with van der Waals surface area (Å²) in [6, 6.07) is 4.27. The molecule has 0 bridgehead atoms. The van der Waals surface area contributed by atoms with Gasteiger partial charge < -0.3 is 5.11 Å². The number of aliphatic hydroxyl groups excluding tert-OH is 1. The molecule has 1 aromatic rings. The summed E-state index contributed by atoms with van der Waals surface area (Å²) >= 11 is 0. The van der Waals surface area contributed by atoms with Gasteiger partial charge in [0.1, 0.15) is 0 Å². The summed E-state index contributed by atoms with van der Waals surface area (Å²) in [4.78, 5) is 0. The molecular weight excluding hydrogens is 319 g/mol. The maximum absolute atomic E-state index is 12.6. The molecule has 8 heteroatoms.